The second kappa shape index (κ2) is 23.9. The molecule has 1 rings (SSSR count). The van der Waals surface area contributed by atoms with Crippen molar-refractivity contribution in [3.63, 3.8) is 0 Å². The fourth-order valence-electron chi connectivity index (χ4n) is 0.612. The van der Waals surface area contributed by atoms with Gasteiger partial charge in [0, 0.05) is 93.3 Å². The van der Waals surface area contributed by atoms with Crippen molar-refractivity contribution in [3.8, 4) is 0 Å². The summed E-state index contributed by atoms with van der Waals surface area (Å²) in [6, 6.07) is 0. The Hall–Kier alpha value is 1.86. The van der Waals surface area contributed by atoms with Crippen molar-refractivity contribution >= 4 is 11.4 Å². The molecule has 0 spiro atoms. The fourth-order valence-corrected chi connectivity index (χ4v) is 0.612. The summed E-state index contributed by atoms with van der Waals surface area (Å²) in [5.41, 5.74) is 2.25. The van der Waals surface area contributed by atoms with Gasteiger partial charge in [0.15, 0.2) is 0 Å². The van der Waals surface area contributed by atoms with Crippen LogP contribution in [0.4, 0.5) is 0 Å². The molecule has 0 saturated carbocycles. The maximum Gasteiger partial charge on any atom is 0.0431 e. The van der Waals surface area contributed by atoms with E-state index in [1.54, 1.807) is 0 Å². The summed E-state index contributed by atoms with van der Waals surface area (Å²) in [4.78, 5) is 0. The molecule has 0 radical (unpaired) electrons. The van der Waals surface area contributed by atoms with E-state index in [2.05, 4.69) is 44.8 Å². The van der Waals surface area contributed by atoms with Crippen LogP contribution in [0, 0.1) is 81.4 Å². The van der Waals surface area contributed by atoms with E-state index in [4.69, 9.17) is 0 Å². The number of nitrogens with zero attached hydrogens (tertiary/aromatic N) is 2. The average molecular weight is 308 g/mol. The van der Waals surface area contributed by atoms with Crippen molar-refractivity contribution in [2.45, 2.75) is 75.2 Å². The smallest absolute Gasteiger partial charge is 0.0431 e. The van der Waals surface area contributed by atoms with Crippen molar-refractivity contribution in [2.24, 2.45) is 16.1 Å². The Morgan fingerprint density at radius 1 is 0.944 bits per heavy atom. The van der Waals surface area contributed by atoms with E-state index >= 15 is 0 Å². The van der Waals surface area contributed by atoms with Crippen LogP contribution in [-0.4, -0.2) is 11.4 Å². The molecule has 0 N–H and O–H groups in total. The second-order valence-corrected chi connectivity index (χ2v) is 4.36. The molecule has 0 aliphatic carbocycles. The summed E-state index contributed by atoms with van der Waals surface area (Å²) in [5.74, 6) is 0.884. The normalized spacial score (nSPS) is 11.1. The molecule has 0 aromatic heterocycles. The molecule has 1 aliphatic rings. The van der Waals surface area contributed by atoms with Crippen LogP contribution < -0.4 is 0 Å². The molecule has 1 heterocycles. The first kappa shape index (κ1) is 32.0. The van der Waals surface area contributed by atoms with Gasteiger partial charge in [-0.3, -0.25) is 0 Å². The van der Waals surface area contributed by atoms with Crippen LogP contribution in [0.3, 0.4) is 0 Å². The molecule has 0 amide bonds. The zero-order valence-electron chi connectivity index (χ0n) is 12.3. The molecular formula is C14H32Ar2N2. The number of hydrogen-bond donors (Lipinski definition) is 0. The molecule has 0 aromatic carbocycles. The Kier molecular flexibility index (Phi) is 42.5. The van der Waals surface area contributed by atoms with Crippen LogP contribution in [0.2, 0.25) is 0 Å². The maximum absolute atomic E-state index is 3.82. The topological polar surface area (TPSA) is 24.7 Å². The van der Waals surface area contributed by atoms with Gasteiger partial charge in [0.05, 0.1) is 0 Å². The van der Waals surface area contributed by atoms with E-state index in [9.17, 15) is 0 Å². The Bertz CT molecular complexity index is 184. The van der Waals surface area contributed by atoms with Gasteiger partial charge >= 0.3 is 0 Å². The molecule has 0 bridgehead atoms. The van der Waals surface area contributed by atoms with E-state index in [0.29, 0.717) is 0 Å². The first-order chi connectivity index (χ1) is 6.97. The SMILES string of the molecule is C.CC1=NN=C(C)C1.CCC.CCC(C)C.[Ar].[Ar]. The average Bonchev–Trinajstić information content (AvgIpc) is 2.52. The van der Waals surface area contributed by atoms with E-state index in [1.165, 1.54) is 12.8 Å². The van der Waals surface area contributed by atoms with Gasteiger partial charge in [0.2, 0.25) is 0 Å². The van der Waals surface area contributed by atoms with Crippen molar-refractivity contribution in [3.05, 3.63) is 0 Å². The molecule has 0 fully saturated rings. The maximum atomic E-state index is 3.82. The number of hydrogen-bond acceptors (Lipinski definition) is 2. The van der Waals surface area contributed by atoms with Gasteiger partial charge in [0.25, 0.3) is 0 Å². The van der Waals surface area contributed by atoms with Crippen molar-refractivity contribution in [2.75, 3.05) is 0 Å². The minimum absolute atomic E-state index is 0. The predicted octanol–water partition coefficient (Wildman–Crippen LogP) is 5.33. The van der Waals surface area contributed by atoms with E-state index < -0.39 is 0 Å². The molecule has 0 atom stereocenters. The van der Waals surface area contributed by atoms with Crippen molar-refractivity contribution < 1.29 is 75.5 Å². The van der Waals surface area contributed by atoms with Crippen molar-refractivity contribution in [1.82, 2.24) is 0 Å². The Labute approximate surface area is 175 Å². The second-order valence-electron chi connectivity index (χ2n) is 4.36. The third kappa shape index (κ3) is 30.7. The molecule has 0 aromatic rings. The Morgan fingerprint density at radius 3 is 1.22 bits per heavy atom. The van der Waals surface area contributed by atoms with Crippen LogP contribution >= 0.6 is 0 Å². The van der Waals surface area contributed by atoms with Crippen molar-refractivity contribution in [1.29, 1.82) is 0 Å². The van der Waals surface area contributed by atoms with Crippen LogP contribution in [0.1, 0.15) is 75.2 Å². The third-order valence-corrected chi connectivity index (χ3v) is 1.72. The van der Waals surface area contributed by atoms with Gasteiger partial charge in [-0.05, 0) is 19.8 Å². The molecule has 2 nitrogen and oxygen atoms in total. The quantitative estimate of drug-likeness (QED) is 0.625. The van der Waals surface area contributed by atoms with E-state index in [0.717, 1.165) is 23.8 Å². The number of rotatable bonds is 1. The van der Waals surface area contributed by atoms with Crippen LogP contribution in [-0.2, 0) is 0 Å². The van der Waals surface area contributed by atoms with Gasteiger partial charge in [-0.15, -0.1) is 0 Å². The summed E-state index contributed by atoms with van der Waals surface area (Å²) in [6.45, 7) is 14.9. The van der Waals surface area contributed by atoms with E-state index in [1.807, 2.05) is 13.8 Å². The van der Waals surface area contributed by atoms with Gasteiger partial charge in [-0.1, -0.05) is 54.9 Å². The van der Waals surface area contributed by atoms with Gasteiger partial charge in [-0.2, -0.15) is 10.2 Å². The molecule has 0 saturated heterocycles. The van der Waals surface area contributed by atoms with Gasteiger partial charge < -0.3 is 0 Å². The molecule has 114 valence electrons. The zero-order valence-corrected chi connectivity index (χ0v) is 13.7. The molecule has 0 unspecified atom stereocenters. The predicted molar refractivity (Wildman–Crippen MR) is 78.7 cm³/mol. The van der Waals surface area contributed by atoms with Gasteiger partial charge in [0.1, 0.15) is 0 Å². The largest absolute Gasteiger partial charge is 0.160 e. The molecule has 18 heavy (non-hydrogen) atoms. The zero-order chi connectivity index (χ0) is 12.3. The summed E-state index contributed by atoms with van der Waals surface area (Å²) in [6.07, 6.45) is 3.53. The first-order valence-electron chi connectivity index (χ1n) is 6.04. The van der Waals surface area contributed by atoms with Gasteiger partial charge in [-0.25, -0.2) is 0 Å². The molecular weight excluding hydrogens is 276 g/mol. The first-order valence-corrected chi connectivity index (χ1v) is 6.04. The Balaban J connectivity index is -0.0000000467. The Morgan fingerprint density at radius 2 is 1.17 bits per heavy atom. The van der Waals surface area contributed by atoms with Crippen LogP contribution in [0.5, 0.6) is 0 Å². The van der Waals surface area contributed by atoms with Crippen LogP contribution in [0.25, 0.3) is 0 Å². The summed E-state index contributed by atoms with van der Waals surface area (Å²) >= 11 is 0. The standard InChI is InChI=1S/C5H8N2.C5H12.C3H8.CH4.2Ar/c1-4-3-5(2)7-6-4;1-4-5(2)3;1-3-2;;;/h3H2,1-2H3;5H,4H2,1-3H3;3H2,1-2H3;1H4;;. The molecule has 1 aliphatic heterocycles. The minimum Gasteiger partial charge on any atom is -0.160 e. The minimum atomic E-state index is 0. The van der Waals surface area contributed by atoms with Crippen LogP contribution in [0.15, 0.2) is 10.2 Å². The summed E-state index contributed by atoms with van der Waals surface area (Å²) in [5, 5.41) is 7.64. The summed E-state index contributed by atoms with van der Waals surface area (Å²) in [7, 11) is 0. The molecule has 4 heteroatoms. The van der Waals surface area contributed by atoms with E-state index in [-0.39, 0.29) is 82.9 Å². The summed E-state index contributed by atoms with van der Waals surface area (Å²) < 4.78 is 0. The fraction of sp³-hybridized carbons (Fsp3) is 0.857. The monoisotopic (exact) mass is 308 g/mol. The third-order valence-electron chi connectivity index (χ3n) is 1.72.